The van der Waals surface area contributed by atoms with Crippen molar-refractivity contribution in [3.05, 3.63) is 29.3 Å². The van der Waals surface area contributed by atoms with Crippen molar-refractivity contribution < 1.29 is 5.11 Å². The minimum absolute atomic E-state index is 0.490. The predicted octanol–water partition coefficient (Wildman–Crippen LogP) is 3.41. The van der Waals surface area contributed by atoms with Crippen LogP contribution >= 0.6 is 0 Å². The molecular weight excluding hydrogens is 210 g/mol. The summed E-state index contributed by atoms with van der Waals surface area (Å²) >= 11 is 0. The molecule has 0 radical (unpaired) electrons. The molecule has 0 bridgehead atoms. The van der Waals surface area contributed by atoms with Crippen LogP contribution in [-0.4, -0.2) is 17.3 Å². The first kappa shape index (κ1) is 12.4. The second-order valence-electron chi connectivity index (χ2n) is 5.46. The fourth-order valence-electron chi connectivity index (χ4n) is 2.66. The molecule has 0 amide bonds. The molecule has 1 saturated carbocycles. The van der Waals surface area contributed by atoms with Gasteiger partial charge >= 0.3 is 0 Å². The lowest BCUT2D eigenvalue weighted by Gasteiger charge is -2.32. The summed E-state index contributed by atoms with van der Waals surface area (Å²) in [5.41, 5.74) is 3.19. The summed E-state index contributed by atoms with van der Waals surface area (Å²) in [4.78, 5) is 0. The molecule has 0 spiro atoms. The second-order valence-corrected chi connectivity index (χ2v) is 5.46. The van der Waals surface area contributed by atoms with Crippen LogP contribution in [0.4, 0.5) is 5.69 Å². The number of hydrogen-bond donors (Lipinski definition) is 2. The van der Waals surface area contributed by atoms with Crippen LogP contribution in [0.15, 0.2) is 18.2 Å². The number of anilines is 1. The molecule has 1 aliphatic carbocycles. The van der Waals surface area contributed by atoms with Crippen molar-refractivity contribution in [1.29, 1.82) is 0 Å². The number of aryl methyl sites for hydroxylation is 2. The molecule has 94 valence electrons. The Morgan fingerprint density at radius 1 is 1.18 bits per heavy atom. The minimum atomic E-state index is -0.490. The van der Waals surface area contributed by atoms with E-state index in [1.54, 1.807) is 0 Å². The number of rotatable bonds is 3. The molecule has 2 rings (SSSR count). The largest absolute Gasteiger partial charge is 0.388 e. The van der Waals surface area contributed by atoms with Crippen LogP contribution in [0.5, 0.6) is 0 Å². The Hall–Kier alpha value is -1.02. The van der Waals surface area contributed by atoms with E-state index in [1.165, 1.54) is 17.5 Å². The first-order valence-electron chi connectivity index (χ1n) is 6.63. The Morgan fingerprint density at radius 3 is 2.53 bits per heavy atom. The van der Waals surface area contributed by atoms with Crippen LogP contribution < -0.4 is 5.32 Å². The Morgan fingerprint density at radius 2 is 1.88 bits per heavy atom. The van der Waals surface area contributed by atoms with E-state index in [-0.39, 0.29) is 0 Å². The second kappa shape index (κ2) is 5.09. The molecule has 0 heterocycles. The summed E-state index contributed by atoms with van der Waals surface area (Å²) in [5, 5.41) is 13.8. The van der Waals surface area contributed by atoms with Gasteiger partial charge in [-0.2, -0.15) is 0 Å². The summed E-state index contributed by atoms with van der Waals surface area (Å²) in [5.74, 6) is 0. The normalized spacial score (nSPS) is 19.0. The Labute approximate surface area is 104 Å². The van der Waals surface area contributed by atoms with Gasteiger partial charge in [0.15, 0.2) is 0 Å². The molecule has 0 saturated heterocycles. The van der Waals surface area contributed by atoms with Gasteiger partial charge < -0.3 is 10.4 Å². The third-order valence-electron chi connectivity index (χ3n) is 3.77. The molecule has 1 fully saturated rings. The summed E-state index contributed by atoms with van der Waals surface area (Å²) in [7, 11) is 0. The number of benzene rings is 1. The van der Waals surface area contributed by atoms with Gasteiger partial charge in [0.1, 0.15) is 0 Å². The summed E-state index contributed by atoms with van der Waals surface area (Å²) in [6, 6.07) is 6.39. The smallest absolute Gasteiger partial charge is 0.0819 e. The maximum Gasteiger partial charge on any atom is 0.0819 e. The highest BCUT2D eigenvalue weighted by molar-refractivity contribution is 5.52. The van der Waals surface area contributed by atoms with Crippen molar-refractivity contribution in [2.24, 2.45) is 0 Å². The van der Waals surface area contributed by atoms with Gasteiger partial charge in [-0.3, -0.25) is 0 Å². The van der Waals surface area contributed by atoms with Gasteiger partial charge in [0.2, 0.25) is 0 Å². The third-order valence-corrected chi connectivity index (χ3v) is 3.77. The van der Waals surface area contributed by atoms with Crippen LogP contribution in [-0.2, 0) is 0 Å². The van der Waals surface area contributed by atoms with Gasteiger partial charge in [0, 0.05) is 12.2 Å². The molecular formula is C15H23NO. The molecule has 17 heavy (non-hydrogen) atoms. The molecule has 0 aliphatic heterocycles. The molecule has 2 nitrogen and oxygen atoms in total. The highest BCUT2D eigenvalue weighted by Gasteiger charge is 2.28. The highest BCUT2D eigenvalue weighted by atomic mass is 16.3. The van der Waals surface area contributed by atoms with Crippen molar-refractivity contribution in [1.82, 2.24) is 0 Å². The van der Waals surface area contributed by atoms with E-state index in [9.17, 15) is 5.11 Å². The molecule has 1 aromatic carbocycles. The minimum Gasteiger partial charge on any atom is -0.388 e. The Kier molecular flexibility index (Phi) is 3.72. The van der Waals surface area contributed by atoms with Gasteiger partial charge in [-0.25, -0.2) is 0 Å². The van der Waals surface area contributed by atoms with E-state index < -0.39 is 5.60 Å². The summed E-state index contributed by atoms with van der Waals surface area (Å²) in [6.07, 6.45) is 5.46. The monoisotopic (exact) mass is 233 g/mol. The van der Waals surface area contributed by atoms with Gasteiger partial charge in [0.05, 0.1) is 5.60 Å². The summed E-state index contributed by atoms with van der Waals surface area (Å²) in [6.45, 7) is 4.89. The first-order valence-corrected chi connectivity index (χ1v) is 6.63. The average molecular weight is 233 g/mol. The number of nitrogens with one attached hydrogen (secondary N) is 1. The number of aliphatic hydroxyl groups is 1. The van der Waals surface area contributed by atoms with E-state index in [4.69, 9.17) is 0 Å². The average Bonchev–Trinajstić information content (AvgIpc) is 2.29. The zero-order chi connectivity index (χ0) is 12.3. The van der Waals surface area contributed by atoms with Gasteiger partial charge in [0.25, 0.3) is 0 Å². The molecule has 1 aromatic rings. The molecule has 0 atom stereocenters. The van der Waals surface area contributed by atoms with Crippen LogP contribution in [0, 0.1) is 13.8 Å². The maximum atomic E-state index is 10.4. The zero-order valence-electron chi connectivity index (χ0n) is 10.9. The standard InChI is InChI=1S/C15H23NO/c1-12-6-7-14(13(2)10-12)16-11-15(17)8-4-3-5-9-15/h6-7,10,16-17H,3-5,8-9,11H2,1-2H3. The third kappa shape index (κ3) is 3.22. The van der Waals surface area contributed by atoms with Crippen LogP contribution in [0.2, 0.25) is 0 Å². The van der Waals surface area contributed by atoms with Crippen molar-refractivity contribution in [3.63, 3.8) is 0 Å². The Balaban J connectivity index is 1.97. The highest BCUT2D eigenvalue weighted by Crippen LogP contribution is 2.28. The van der Waals surface area contributed by atoms with Crippen LogP contribution in [0.25, 0.3) is 0 Å². The number of hydrogen-bond acceptors (Lipinski definition) is 2. The summed E-state index contributed by atoms with van der Waals surface area (Å²) < 4.78 is 0. The van der Waals surface area contributed by atoms with Crippen molar-refractivity contribution >= 4 is 5.69 Å². The zero-order valence-corrected chi connectivity index (χ0v) is 10.9. The SMILES string of the molecule is Cc1ccc(NCC2(O)CCCCC2)c(C)c1. The van der Waals surface area contributed by atoms with Gasteiger partial charge in [-0.1, -0.05) is 37.0 Å². The van der Waals surface area contributed by atoms with Crippen molar-refractivity contribution in [2.75, 3.05) is 11.9 Å². The van der Waals surface area contributed by atoms with E-state index in [2.05, 4.69) is 37.4 Å². The van der Waals surface area contributed by atoms with E-state index in [0.29, 0.717) is 6.54 Å². The first-order chi connectivity index (χ1) is 8.09. The topological polar surface area (TPSA) is 32.3 Å². The van der Waals surface area contributed by atoms with Crippen LogP contribution in [0.3, 0.4) is 0 Å². The van der Waals surface area contributed by atoms with Crippen molar-refractivity contribution in [2.45, 2.75) is 51.6 Å². The van der Waals surface area contributed by atoms with E-state index in [0.717, 1.165) is 31.4 Å². The van der Waals surface area contributed by atoms with E-state index >= 15 is 0 Å². The van der Waals surface area contributed by atoms with Gasteiger partial charge in [-0.05, 0) is 38.3 Å². The quantitative estimate of drug-likeness (QED) is 0.838. The maximum absolute atomic E-state index is 10.4. The fraction of sp³-hybridized carbons (Fsp3) is 0.600. The van der Waals surface area contributed by atoms with Crippen LogP contribution in [0.1, 0.15) is 43.2 Å². The van der Waals surface area contributed by atoms with Crippen molar-refractivity contribution in [3.8, 4) is 0 Å². The fourth-order valence-corrected chi connectivity index (χ4v) is 2.66. The molecule has 1 aliphatic rings. The molecule has 0 aromatic heterocycles. The lowest BCUT2D eigenvalue weighted by Crippen LogP contribution is -2.38. The Bertz CT molecular complexity index is 381. The molecule has 0 unspecified atom stereocenters. The molecule has 2 N–H and O–H groups in total. The lowest BCUT2D eigenvalue weighted by molar-refractivity contribution is 0.0167. The van der Waals surface area contributed by atoms with E-state index in [1.807, 2.05) is 0 Å². The van der Waals surface area contributed by atoms with Gasteiger partial charge in [-0.15, -0.1) is 0 Å². The molecule has 2 heteroatoms. The predicted molar refractivity (Wildman–Crippen MR) is 72.4 cm³/mol. The lowest BCUT2D eigenvalue weighted by atomic mass is 9.85.